The summed E-state index contributed by atoms with van der Waals surface area (Å²) in [5.41, 5.74) is 0. The van der Waals surface area contributed by atoms with Gasteiger partial charge in [0.05, 0.1) is 12.7 Å². The first-order chi connectivity index (χ1) is 12.3. The molecule has 1 aliphatic rings. The molecular formula is C23H47NO. The molecule has 1 heterocycles. The Labute approximate surface area is 159 Å². The van der Waals surface area contributed by atoms with Crippen molar-refractivity contribution in [3.63, 3.8) is 0 Å². The van der Waals surface area contributed by atoms with Gasteiger partial charge in [-0.25, -0.2) is 0 Å². The lowest BCUT2D eigenvalue weighted by Crippen LogP contribution is -2.38. The zero-order valence-corrected chi connectivity index (χ0v) is 17.7. The van der Waals surface area contributed by atoms with Crippen LogP contribution < -0.4 is 0 Å². The van der Waals surface area contributed by atoms with Gasteiger partial charge in [0, 0.05) is 12.6 Å². The van der Waals surface area contributed by atoms with E-state index in [4.69, 9.17) is 4.74 Å². The van der Waals surface area contributed by atoms with Crippen LogP contribution in [0.15, 0.2) is 0 Å². The van der Waals surface area contributed by atoms with Gasteiger partial charge in [0.2, 0.25) is 0 Å². The van der Waals surface area contributed by atoms with Crippen LogP contribution in [0.3, 0.4) is 0 Å². The Morgan fingerprint density at radius 2 is 1.16 bits per heavy atom. The Hall–Kier alpha value is -0.0800. The average Bonchev–Trinajstić information content (AvgIpc) is 3.44. The fraction of sp³-hybridized carbons (Fsp3) is 1.00. The summed E-state index contributed by atoms with van der Waals surface area (Å²) in [6, 6.07) is 0.802. The van der Waals surface area contributed by atoms with Gasteiger partial charge in [0.15, 0.2) is 0 Å². The highest BCUT2D eigenvalue weighted by Crippen LogP contribution is 2.21. The van der Waals surface area contributed by atoms with Crippen molar-refractivity contribution in [2.24, 2.45) is 0 Å². The van der Waals surface area contributed by atoms with Crippen LogP contribution in [-0.2, 0) is 4.74 Å². The zero-order chi connectivity index (χ0) is 18.2. The van der Waals surface area contributed by atoms with Crippen LogP contribution in [0.5, 0.6) is 0 Å². The smallest absolute Gasteiger partial charge is 0.0936 e. The van der Waals surface area contributed by atoms with E-state index in [0.717, 1.165) is 12.6 Å². The molecule has 1 fully saturated rings. The van der Waals surface area contributed by atoms with Crippen LogP contribution in [0.25, 0.3) is 0 Å². The third-order valence-electron chi connectivity index (χ3n) is 5.79. The van der Waals surface area contributed by atoms with Gasteiger partial charge in [-0.05, 0) is 19.4 Å². The summed E-state index contributed by atoms with van der Waals surface area (Å²) in [5, 5.41) is 0. The lowest BCUT2D eigenvalue weighted by Gasteiger charge is -2.30. The number of unbranched alkanes of at least 4 members (excludes halogenated alkanes) is 11. The van der Waals surface area contributed by atoms with Crippen LogP contribution >= 0.6 is 0 Å². The first-order valence-corrected chi connectivity index (χ1v) is 11.7. The summed E-state index contributed by atoms with van der Waals surface area (Å²) < 4.78 is 5.50. The Kier molecular flexibility index (Phi) is 14.8. The maximum absolute atomic E-state index is 5.50. The minimum Gasteiger partial charge on any atom is -0.372 e. The number of ether oxygens (including phenoxy) is 1. The molecule has 1 saturated heterocycles. The highest BCUT2D eigenvalue weighted by molar-refractivity contribution is 4.79. The van der Waals surface area contributed by atoms with E-state index in [1.807, 2.05) is 0 Å². The average molecular weight is 354 g/mol. The number of likely N-dealkylation sites (N-methyl/N-ethyl adjacent to an activating group) is 1. The van der Waals surface area contributed by atoms with Crippen molar-refractivity contribution in [3.8, 4) is 0 Å². The second-order valence-electron chi connectivity index (χ2n) is 8.16. The van der Waals surface area contributed by atoms with E-state index in [9.17, 15) is 0 Å². The predicted molar refractivity (Wildman–Crippen MR) is 111 cm³/mol. The van der Waals surface area contributed by atoms with Gasteiger partial charge in [-0.1, -0.05) is 104 Å². The summed E-state index contributed by atoms with van der Waals surface area (Å²) in [5.74, 6) is 0. The lowest BCUT2D eigenvalue weighted by atomic mass is 9.98. The van der Waals surface area contributed by atoms with E-state index in [-0.39, 0.29) is 0 Å². The maximum atomic E-state index is 5.50. The van der Waals surface area contributed by atoms with Crippen molar-refractivity contribution in [2.75, 3.05) is 19.7 Å². The van der Waals surface area contributed by atoms with Crippen molar-refractivity contribution in [3.05, 3.63) is 0 Å². The van der Waals surface area contributed by atoms with E-state index in [1.165, 1.54) is 109 Å². The van der Waals surface area contributed by atoms with Crippen molar-refractivity contribution >= 4 is 0 Å². The molecule has 0 spiro atoms. The molecule has 25 heavy (non-hydrogen) atoms. The summed E-state index contributed by atoms with van der Waals surface area (Å²) in [6.45, 7) is 10.3. The molecule has 1 rings (SSSR count). The molecule has 0 aliphatic carbocycles. The largest absolute Gasteiger partial charge is 0.372 e. The molecule has 2 nitrogen and oxygen atoms in total. The topological polar surface area (TPSA) is 15.8 Å². The van der Waals surface area contributed by atoms with Crippen molar-refractivity contribution in [1.29, 1.82) is 0 Å². The van der Waals surface area contributed by atoms with Gasteiger partial charge >= 0.3 is 0 Å². The summed E-state index contributed by atoms with van der Waals surface area (Å²) in [6.07, 6.45) is 21.8. The lowest BCUT2D eigenvalue weighted by molar-refractivity contribution is 0.163. The highest BCUT2D eigenvalue weighted by atomic mass is 16.6. The molecule has 0 bridgehead atoms. The zero-order valence-electron chi connectivity index (χ0n) is 17.7. The van der Waals surface area contributed by atoms with Crippen molar-refractivity contribution < 1.29 is 4.74 Å². The minimum atomic E-state index is 0.543. The predicted octanol–water partition coefficient (Wildman–Crippen LogP) is 6.97. The molecule has 0 aromatic carbocycles. The molecule has 0 aromatic rings. The summed E-state index contributed by atoms with van der Waals surface area (Å²) >= 11 is 0. The summed E-state index contributed by atoms with van der Waals surface area (Å²) in [4.78, 5) is 2.72. The molecule has 2 heteroatoms. The van der Waals surface area contributed by atoms with Crippen molar-refractivity contribution in [1.82, 2.24) is 4.90 Å². The molecule has 0 aromatic heterocycles. The molecule has 0 radical (unpaired) electrons. The monoisotopic (exact) mass is 353 g/mol. The first kappa shape index (κ1) is 23.0. The van der Waals surface area contributed by atoms with Crippen molar-refractivity contribution in [2.45, 2.75) is 129 Å². The second-order valence-corrected chi connectivity index (χ2v) is 8.16. The Balaban J connectivity index is 2.21. The fourth-order valence-electron chi connectivity index (χ4n) is 3.98. The van der Waals surface area contributed by atoms with Gasteiger partial charge < -0.3 is 4.74 Å². The molecule has 2 atom stereocenters. The Morgan fingerprint density at radius 3 is 1.56 bits per heavy atom. The third-order valence-corrected chi connectivity index (χ3v) is 5.79. The number of nitrogens with zero attached hydrogens (tertiary/aromatic N) is 1. The van der Waals surface area contributed by atoms with Gasteiger partial charge in [-0.15, -0.1) is 0 Å². The van der Waals surface area contributed by atoms with E-state index in [1.54, 1.807) is 0 Å². The first-order valence-electron chi connectivity index (χ1n) is 11.7. The standard InChI is InChI=1S/C23H47NO/c1-4-7-9-11-13-15-17-19-22(18-16-14-12-10-8-5-2)24(6-3)20-23-21-25-23/h22-23H,4-21H2,1-3H3. The minimum absolute atomic E-state index is 0.543. The Bertz CT molecular complexity index is 277. The van der Waals surface area contributed by atoms with E-state index in [0.29, 0.717) is 6.10 Å². The van der Waals surface area contributed by atoms with Crippen LogP contribution in [0.4, 0.5) is 0 Å². The quantitative estimate of drug-likeness (QED) is 0.184. The second kappa shape index (κ2) is 16.1. The number of hydrogen-bond donors (Lipinski definition) is 0. The molecule has 0 amide bonds. The molecule has 0 saturated carbocycles. The highest BCUT2D eigenvalue weighted by Gasteiger charge is 2.27. The third kappa shape index (κ3) is 12.8. The van der Waals surface area contributed by atoms with Crippen LogP contribution in [0.2, 0.25) is 0 Å². The molecule has 150 valence electrons. The number of epoxide rings is 1. The van der Waals surface area contributed by atoms with Crippen LogP contribution in [-0.4, -0.2) is 36.7 Å². The Morgan fingerprint density at radius 1 is 0.720 bits per heavy atom. The van der Waals surface area contributed by atoms with Crippen LogP contribution in [0.1, 0.15) is 117 Å². The molecule has 0 N–H and O–H groups in total. The number of rotatable bonds is 19. The number of hydrogen-bond acceptors (Lipinski definition) is 2. The van der Waals surface area contributed by atoms with E-state index < -0.39 is 0 Å². The normalized spacial score (nSPS) is 18.0. The maximum Gasteiger partial charge on any atom is 0.0936 e. The fourth-order valence-corrected chi connectivity index (χ4v) is 3.98. The summed E-state index contributed by atoms with van der Waals surface area (Å²) in [7, 11) is 0. The van der Waals surface area contributed by atoms with E-state index in [2.05, 4.69) is 25.7 Å². The molecule has 1 aliphatic heterocycles. The SMILES string of the molecule is CCCCCCCCCC(CCCCCCCC)N(CC)CC1CO1. The van der Waals surface area contributed by atoms with Gasteiger partial charge in [-0.3, -0.25) is 4.90 Å². The van der Waals surface area contributed by atoms with Gasteiger partial charge in [0.25, 0.3) is 0 Å². The molecular weight excluding hydrogens is 306 g/mol. The van der Waals surface area contributed by atoms with Crippen LogP contribution in [0, 0.1) is 0 Å². The van der Waals surface area contributed by atoms with Gasteiger partial charge in [0.1, 0.15) is 0 Å². The van der Waals surface area contributed by atoms with E-state index >= 15 is 0 Å². The van der Waals surface area contributed by atoms with Gasteiger partial charge in [-0.2, -0.15) is 0 Å². The molecule has 2 unspecified atom stereocenters.